The van der Waals surface area contributed by atoms with Gasteiger partial charge in [-0.2, -0.15) is 0 Å². The summed E-state index contributed by atoms with van der Waals surface area (Å²) in [6.45, 7) is -1.48. The molecule has 0 aromatic heterocycles. The topological polar surface area (TPSA) is 258 Å². The summed E-state index contributed by atoms with van der Waals surface area (Å²) in [5.74, 6) is 0. The number of hydrogen-bond donors (Lipinski definition) is 10. The zero-order chi connectivity index (χ0) is 26.0. The van der Waals surface area contributed by atoms with Crippen molar-refractivity contribution in [3.05, 3.63) is 0 Å². The van der Waals surface area contributed by atoms with E-state index >= 15 is 0 Å². The summed E-state index contributed by atoms with van der Waals surface area (Å²) in [6.07, 6.45) is -24.2. The van der Waals surface area contributed by atoms with E-state index in [1.54, 1.807) is 0 Å². The van der Waals surface area contributed by atoms with Gasteiger partial charge in [0.2, 0.25) is 0 Å². The van der Waals surface area contributed by atoms with Crippen molar-refractivity contribution in [2.75, 3.05) is 19.8 Å². The van der Waals surface area contributed by atoms with E-state index in [0.717, 1.165) is 0 Å². The van der Waals surface area contributed by atoms with Gasteiger partial charge >= 0.3 is 0 Å². The van der Waals surface area contributed by atoms with Gasteiger partial charge in [-0.1, -0.05) is 0 Å². The monoisotopic (exact) mass is 514 g/mol. The second-order valence-corrected chi connectivity index (χ2v) is 8.57. The molecule has 3 saturated heterocycles. The summed E-state index contributed by atoms with van der Waals surface area (Å²) in [6, 6.07) is 0. The van der Waals surface area contributed by atoms with Crippen LogP contribution in [-0.2, 0) is 28.3 Å². The molecule has 15 unspecified atom stereocenters. The lowest BCUT2D eigenvalue weighted by Gasteiger charge is -2.43. The van der Waals surface area contributed by atoms with Gasteiger partial charge in [0.1, 0.15) is 73.2 Å². The number of aliphatic hydroxyl groups is 10. The second kappa shape index (κ2) is 12.3. The first-order chi connectivity index (χ1) is 16.5. The second-order valence-electron chi connectivity index (χ2n) is 8.57. The third-order valence-corrected chi connectivity index (χ3v) is 6.13. The van der Waals surface area contributed by atoms with E-state index < -0.39 is 105 Å². The van der Waals surface area contributed by atoms with Crippen molar-refractivity contribution in [3.63, 3.8) is 0 Å². The minimum absolute atomic E-state index is 0.344. The van der Waals surface area contributed by atoms with Crippen LogP contribution in [0.2, 0.25) is 0 Å². The summed E-state index contributed by atoms with van der Waals surface area (Å²) in [7, 11) is 4.95. The number of hydrogen-bond acceptors (Lipinski definition) is 16. The van der Waals surface area contributed by atoms with Crippen molar-refractivity contribution in [2.45, 2.75) is 92.1 Å². The molecule has 0 aromatic rings. The molecule has 3 rings (SSSR count). The zero-order valence-electron chi connectivity index (χ0n) is 18.3. The molecule has 0 bridgehead atoms. The third kappa shape index (κ3) is 6.29. The average Bonchev–Trinajstić information content (AvgIpc) is 2.84. The summed E-state index contributed by atoms with van der Waals surface area (Å²) >= 11 is 0. The van der Waals surface area contributed by atoms with E-state index in [2.05, 4.69) is 4.65 Å². The Morgan fingerprint density at radius 3 is 1.26 bits per heavy atom. The summed E-state index contributed by atoms with van der Waals surface area (Å²) in [5, 5.41) is 99.5. The Hall–Kier alpha value is -0.575. The van der Waals surface area contributed by atoms with E-state index in [1.807, 2.05) is 0 Å². The van der Waals surface area contributed by atoms with Gasteiger partial charge in [0.05, 0.1) is 19.8 Å². The van der Waals surface area contributed by atoms with Crippen LogP contribution >= 0.6 is 0 Å². The lowest BCUT2D eigenvalue weighted by molar-refractivity contribution is -0.340. The molecule has 35 heavy (non-hydrogen) atoms. The van der Waals surface area contributed by atoms with E-state index in [0.29, 0.717) is 0 Å². The SMILES string of the molecule is [B]OCC1OC(OCC2OC(OCC3OC(O)C(O)C(O)C3O)C(O)C(O)C2O)C(O)C(O)C1O. The fourth-order valence-corrected chi connectivity index (χ4v) is 3.93. The van der Waals surface area contributed by atoms with Gasteiger partial charge in [-0.25, -0.2) is 0 Å². The minimum atomic E-state index is -1.82. The predicted molar refractivity (Wildman–Crippen MR) is 106 cm³/mol. The highest BCUT2D eigenvalue weighted by Crippen LogP contribution is 2.27. The summed E-state index contributed by atoms with van der Waals surface area (Å²) < 4.78 is 30.7. The van der Waals surface area contributed by atoms with Gasteiger partial charge in [0, 0.05) is 0 Å². The van der Waals surface area contributed by atoms with Crippen LogP contribution in [0.1, 0.15) is 0 Å². The van der Waals surface area contributed by atoms with Crippen molar-refractivity contribution < 1.29 is 79.4 Å². The molecule has 0 spiro atoms. The Morgan fingerprint density at radius 2 is 0.829 bits per heavy atom. The van der Waals surface area contributed by atoms with Crippen LogP contribution in [0, 0.1) is 0 Å². The van der Waals surface area contributed by atoms with Crippen molar-refractivity contribution in [3.8, 4) is 0 Å². The predicted octanol–water partition coefficient (Wildman–Crippen LogP) is -7.47. The van der Waals surface area contributed by atoms with Crippen LogP contribution < -0.4 is 0 Å². The van der Waals surface area contributed by atoms with E-state index in [-0.39, 0.29) is 6.61 Å². The molecule has 0 saturated carbocycles. The Kier molecular flexibility index (Phi) is 10.2. The molecule has 3 aliphatic heterocycles. The van der Waals surface area contributed by atoms with E-state index in [4.69, 9.17) is 31.7 Å². The molecule has 0 aromatic carbocycles. The maximum atomic E-state index is 10.3. The van der Waals surface area contributed by atoms with Crippen LogP contribution in [0.3, 0.4) is 0 Å². The van der Waals surface area contributed by atoms with Gasteiger partial charge in [-0.15, -0.1) is 0 Å². The third-order valence-electron chi connectivity index (χ3n) is 6.13. The fourth-order valence-electron chi connectivity index (χ4n) is 3.93. The highest BCUT2D eigenvalue weighted by Gasteiger charge is 2.49. The van der Waals surface area contributed by atoms with Crippen LogP contribution in [0.5, 0.6) is 0 Å². The Bertz CT molecular complexity index is 662. The average molecular weight is 514 g/mol. The highest BCUT2D eigenvalue weighted by atomic mass is 16.7. The largest absolute Gasteiger partial charge is 0.445 e. The molecule has 3 fully saturated rings. The first-order valence-electron chi connectivity index (χ1n) is 10.8. The zero-order valence-corrected chi connectivity index (χ0v) is 18.3. The summed E-state index contributed by atoms with van der Waals surface area (Å²) in [4.78, 5) is 0. The fraction of sp³-hybridized carbons (Fsp3) is 1.00. The lowest BCUT2D eigenvalue weighted by atomic mass is 9.98. The van der Waals surface area contributed by atoms with E-state index in [1.165, 1.54) is 0 Å². The molecule has 10 N–H and O–H groups in total. The van der Waals surface area contributed by atoms with Crippen LogP contribution in [-0.4, -0.2) is 171 Å². The molecule has 17 heteroatoms. The molecular weight excluding hydrogens is 483 g/mol. The van der Waals surface area contributed by atoms with Gasteiger partial charge in [0.25, 0.3) is 8.05 Å². The maximum Gasteiger partial charge on any atom is 0.282 e. The molecule has 3 aliphatic rings. The number of rotatable bonds is 8. The lowest BCUT2D eigenvalue weighted by Crippen LogP contribution is -2.62. The summed E-state index contributed by atoms with van der Waals surface area (Å²) in [5.41, 5.74) is 0. The van der Waals surface area contributed by atoms with Crippen molar-refractivity contribution in [1.82, 2.24) is 0 Å². The Labute approximate surface area is 200 Å². The molecule has 3 heterocycles. The van der Waals surface area contributed by atoms with Crippen molar-refractivity contribution >= 4 is 8.05 Å². The molecule has 2 radical (unpaired) electrons. The molecule has 15 atom stereocenters. The Morgan fingerprint density at radius 1 is 0.457 bits per heavy atom. The standard InChI is InChI=1S/C18H31BO16/c19-32-3-6-9(22)12(25)15(28)18(35-6)31-2-5-8(21)11(24)14(27)17(34-5)30-1-4-7(20)10(23)13(26)16(29)33-4/h4-18,20-29H,1-3H2. The van der Waals surface area contributed by atoms with Gasteiger partial charge in [-0.05, 0) is 0 Å². The normalized spacial score (nSPS) is 51.3. The van der Waals surface area contributed by atoms with Gasteiger partial charge in [-0.3, -0.25) is 0 Å². The molecule has 202 valence electrons. The smallest absolute Gasteiger partial charge is 0.282 e. The minimum Gasteiger partial charge on any atom is -0.445 e. The first kappa shape index (κ1) is 29.0. The first-order valence-corrected chi connectivity index (χ1v) is 10.8. The Balaban J connectivity index is 1.58. The van der Waals surface area contributed by atoms with Crippen LogP contribution in [0.4, 0.5) is 0 Å². The molecule has 0 amide bonds. The van der Waals surface area contributed by atoms with Crippen molar-refractivity contribution in [1.29, 1.82) is 0 Å². The van der Waals surface area contributed by atoms with Crippen molar-refractivity contribution in [2.24, 2.45) is 0 Å². The quantitative estimate of drug-likeness (QED) is 0.135. The van der Waals surface area contributed by atoms with Gasteiger partial charge < -0.3 is 79.4 Å². The van der Waals surface area contributed by atoms with Gasteiger partial charge in [0.15, 0.2) is 18.9 Å². The number of ether oxygens (including phenoxy) is 5. The molecule has 0 aliphatic carbocycles. The molecule has 16 nitrogen and oxygen atoms in total. The van der Waals surface area contributed by atoms with E-state index in [9.17, 15) is 51.1 Å². The number of aliphatic hydroxyl groups excluding tert-OH is 10. The molecular formula is C18H31BO16. The van der Waals surface area contributed by atoms with Crippen LogP contribution in [0.15, 0.2) is 0 Å². The van der Waals surface area contributed by atoms with Crippen LogP contribution in [0.25, 0.3) is 0 Å². The maximum absolute atomic E-state index is 10.3. The highest BCUT2D eigenvalue weighted by molar-refractivity contribution is 5.97.